The summed E-state index contributed by atoms with van der Waals surface area (Å²) in [6.07, 6.45) is 0.325. The highest BCUT2D eigenvalue weighted by molar-refractivity contribution is 7.09. The normalized spacial score (nSPS) is 11.6. The summed E-state index contributed by atoms with van der Waals surface area (Å²) in [6, 6.07) is 5.47. The molecule has 28 heavy (non-hydrogen) atoms. The van der Waals surface area contributed by atoms with Gasteiger partial charge in [0.15, 0.2) is 5.96 Å². The van der Waals surface area contributed by atoms with Gasteiger partial charge in [-0.3, -0.25) is 4.79 Å². The number of hydrogen-bond donors (Lipinski definition) is 3. The van der Waals surface area contributed by atoms with E-state index in [1.165, 1.54) is 0 Å². The lowest BCUT2D eigenvalue weighted by atomic mass is 10.2. The molecule has 8 heteroatoms. The van der Waals surface area contributed by atoms with Gasteiger partial charge in [-0.25, -0.2) is 9.98 Å². The number of carbonyl (C=O) groups is 1. The fraction of sp³-hybridized carbons (Fsp3) is 0.450. The molecular weight excluding hydrogens is 394 g/mol. The molecule has 0 bridgehead atoms. The molecule has 1 heterocycles. The quantitative estimate of drug-likeness (QED) is 0.438. The highest BCUT2D eigenvalue weighted by atomic mass is 35.5. The maximum Gasteiger partial charge on any atom is 0.226 e. The molecule has 3 N–H and O–H groups in total. The number of anilines is 1. The van der Waals surface area contributed by atoms with Crippen LogP contribution in [0.25, 0.3) is 0 Å². The van der Waals surface area contributed by atoms with Gasteiger partial charge in [0.2, 0.25) is 5.91 Å². The minimum atomic E-state index is -0.0739. The molecule has 0 fully saturated rings. The van der Waals surface area contributed by atoms with Crippen molar-refractivity contribution in [3.8, 4) is 0 Å². The van der Waals surface area contributed by atoms with Crippen molar-refractivity contribution in [3.63, 3.8) is 0 Å². The van der Waals surface area contributed by atoms with E-state index in [-0.39, 0.29) is 5.91 Å². The second kappa shape index (κ2) is 11.0. The third-order valence-corrected chi connectivity index (χ3v) is 5.33. The first-order chi connectivity index (χ1) is 13.4. The number of benzene rings is 1. The van der Waals surface area contributed by atoms with E-state index in [0.29, 0.717) is 36.4 Å². The monoisotopic (exact) mass is 421 g/mol. The number of amides is 1. The van der Waals surface area contributed by atoms with Gasteiger partial charge in [-0.15, -0.1) is 11.3 Å². The second-order valence-electron chi connectivity index (χ2n) is 6.65. The van der Waals surface area contributed by atoms with Gasteiger partial charge in [-0.05, 0) is 37.5 Å². The summed E-state index contributed by atoms with van der Waals surface area (Å²) in [7, 11) is 0. The smallest absolute Gasteiger partial charge is 0.226 e. The molecule has 0 radical (unpaired) electrons. The van der Waals surface area contributed by atoms with Crippen LogP contribution in [-0.2, 0) is 11.3 Å². The van der Waals surface area contributed by atoms with E-state index in [0.717, 1.165) is 28.5 Å². The van der Waals surface area contributed by atoms with E-state index < -0.39 is 0 Å². The lowest BCUT2D eigenvalue weighted by Crippen LogP contribution is -2.38. The zero-order chi connectivity index (χ0) is 20.5. The number of thiazole rings is 1. The molecule has 0 atom stereocenters. The maximum atomic E-state index is 12.2. The molecule has 1 aromatic heterocycles. The van der Waals surface area contributed by atoms with Crippen molar-refractivity contribution < 1.29 is 4.79 Å². The van der Waals surface area contributed by atoms with Crippen molar-refractivity contribution in [2.24, 2.45) is 4.99 Å². The number of halogens is 1. The summed E-state index contributed by atoms with van der Waals surface area (Å²) in [5, 5.41) is 13.0. The van der Waals surface area contributed by atoms with Crippen LogP contribution >= 0.6 is 22.9 Å². The van der Waals surface area contributed by atoms with Crippen molar-refractivity contribution in [3.05, 3.63) is 44.9 Å². The molecule has 0 spiro atoms. The fourth-order valence-electron chi connectivity index (χ4n) is 2.40. The van der Waals surface area contributed by atoms with Crippen LogP contribution in [0.5, 0.6) is 0 Å². The molecule has 0 unspecified atom stereocenters. The van der Waals surface area contributed by atoms with Gasteiger partial charge in [0.05, 0.1) is 12.2 Å². The number of nitrogens with one attached hydrogen (secondary N) is 3. The number of aromatic nitrogens is 1. The number of rotatable bonds is 8. The lowest BCUT2D eigenvalue weighted by molar-refractivity contribution is -0.116. The number of carbonyl (C=O) groups excluding carboxylic acids is 1. The van der Waals surface area contributed by atoms with E-state index in [1.54, 1.807) is 17.4 Å². The Morgan fingerprint density at radius 1 is 1.32 bits per heavy atom. The SMILES string of the molecule is CCNC(=NCc1nc(C(C)C)cs1)NCCC(=O)Nc1cccc(Cl)c1C. The van der Waals surface area contributed by atoms with E-state index >= 15 is 0 Å². The summed E-state index contributed by atoms with van der Waals surface area (Å²) in [4.78, 5) is 21.3. The molecule has 2 rings (SSSR count). The Balaban J connectivity index is 1.84. The Morgan fingerprint density at radius 3 is 2.79 bits per heavy atom. The number of nitrogens with zero attached hydrogens (tertiary/aromatic N) is 2. The first-order valence-electron chi connectivity index (χ1n) is 9.42. The third-order valence-electron chi connectivity index (χ3n) is 4.06. The standard InChI is InChI=1S/C20H28ClN5OS/c1-5-22-20(24-11-19-26-17(12-28-19)13(2)3)23-10-9-18(27)25-16-8-6-7-15(21)14(16)4/h6-8,12-13H,5,9-11H2,1-4H3,(H,25,27)(H2,22,23,24). The zero-order valence-electron chi connectivity index (χ0n) is 16.8. The number of hydrogen-bond acceptors (Lipinski definition) is 4. The Morgan fingerprint density at radius 2 is 2.11 bits per heavy atom. The van der Waals surface area contributed by atoms with Gasteiger partial charge < -0.3 is 16.0 Å². The van der Waals surface area contributed by atoms with Crippen LogP contribution in [0.3, 0.4) is 0 Å². The van der Waals surface area contributed by atoms with E-state index in [4.69, 9.17) is 11.6 Å². The molecule has 0 aliphatic carbocycles. The van der Waals surface area contributed by atoms with Crippen LogP contribution in [0.1, 0.15) is 49.4 Å². The van der Waals surface area contributed by atoms with Crippen molar-refractivity contribution in [2.75, 3.05) is 18.4 Å². The van der Waals surface area contributed by atoms with Gasteiger partial charge in [0.1, 0.15) is 5.01 Å². The minimum absolute atomic E-state index is 0.0739. The van der Waals surface area contributed by atoms with E-state index in [1.807, 2.05) is 26.0 Å². The predicted molar refractivity (Wildman–Crippen MR) is 118 cm³/mol. The predicted octanol–water partition coefficient (Wildman–Crippen LogP) is 4.31. The van der Waals surface area contributed by atoms with Gasteiger partial charge in [-0.2, -0.15) is 0 Å². The van der Waals surface area contributed by atoms with Crippen molar-refractivity contribution in [1.82, 2.24) is 15.6 Å². The summed E-state index contributed by atoms with van der Waals surface area (Å²) in [5.41, 5.74) is 2.70. The van der Waals surface area contributed by atoms with E-state index in [9.17, 15) is 4.79 Å². The van der Waals surface area contributed by atoms with Crippen molar-refractivity contribution >= 4 is 40.5 Å². The molecule has 6 nitrogen and oxygen atoms in total. The highest BCUT2D eigenvalue weighted by Gasteiger charge is 2.08. The Kier molecular flexibility index (Phi) is 8.73. The Hall–Kier alpha value is -2.12. The molecule has 1 aromatic carbocycles. The summed E-state index contributed by atoms with van der Waals surface area (Å²) >= 11 is 7.71. The summed E-state index contributed by atoms with van der Waals surface area (Å²) in [6.45, 7) is 9.89. The summed E-state index contributed by atoms with van der Waals surface area (Å²) in [5.74, 6) is 1.02. The Labute approximate surface area is 175 Å². The summed E-state index contributed by atoms with van der Waals surface area (Å²) < 4.78 is 0. The third kappa shape index (κ3) is 6.80. The number of guanidine groups is 1. The number of aliphatic imine (C=N–C) groups is 1. The van der Waals surface area contributed by atoms with Crippen LogP contribution in [0, 0.1) is 6.92 Å². The molecule has 0 saturated carbocycles. The molecule has 0 aliphatic rings. The molecule has 2 aromatic rings. The Bertz CT molecular complexity index is 819. The van der Waals surface area contributed by atoms with Crippen LogP contribution in [0.15, 0.2) is 28.6 Å². The topological polar surface area (TPSA) is 78.4 Å². The molecule has 0 aliphatic heterocycles. The zero-order valence-corrected chi connectivity index (χ0v) is 18.4. The minimum Gasteiger partial charge on any atom is -0.357 e. The van der Waals surface area contributed by atoms with Crippen LogP contribution in [-0.4, -0.2) is 29.9 Å². The average Bonchev–Trinajstić information content (AvgIpc) is 3.13. The first-order valence-corrected chi connectivity index (χ1v) is 10.7. The highest BCUT2D eigenvalue weighted by Crippen LogP contribution is 2.23. The van der Waals surface area contributed by atoms with Crippen LogP contribution < -0.4 is 16.0 Å². The lowest BCUT2D eigenvalue weighted by Gasteiger charge is -2.12. The fourth-order valence-corrected chi connectivity index (χ4v) is 3.45. The van der Waals surface area contributed by atoms with E-state index in [2.05, 4.69) is 45.2 Å². The molecule has 152 valence electrons. The van der Waals surface area contributed by atoms with Crippen molar-refractivity contribution in [1.29, 1.82) is 0 Å². The van der Waals surface area contributed by atoms with Crippen LogP contribution in [0.4, 0.5) is 5.69 Å². The molecule has 0 saturated heterocycles. The molecular formula is C20H28ClN5OS. The maximum absolute atomic E-state index is 12.2. The van der Waals surface area contributed by atoms with Crippen LogP contribution in [0.2, 0.25) is 5.02 Å². The van der Waals surface area contributed by atoms with Crippen molar-refractivity contribution in [2.45, 2.75) is 46.6 Å². The second-order valence-corrected chi connectivity index (χ2v) is 8.00. The average molecular weight is 422 g/mol. The van der Waals surface area contributed by atoms with Gasteiger partial charge >= 0.3 is 0 Å². The van der Waals surface area contributed by atoms with Gasteiger partial charge in [-0.1, -0.05) is 31.5 Å². The largest absolute Gasteiger partial charge is 0.357 e. The first kappa shape index (κ1) is 22.2. The van der Waals surface area contributed by atoms with Gasteiger partial charge in [0.25, 0.3) is 0 Å². The molecule has 1 amide bonds. The van der Waals surface area contributed by atoms with Gasteiger partial charge in [0, 0.05) is 35.6 Å².